The van der Waals surface area contributed by atoms with Crippen LogP contribution in [0.1, 0.15) is 26.2 Å². The Balaban J connectivity index is 2.04. The monoisotopic (exact) mass is 289 g/mol. The smallest absolute Gasteiger partial charge is 0.264 e. The molecule has 0 aliphatic heterocycles. The highest BCUT2D eigenvalue weighted by molar-refractivity contribution is 7.14. The maximum absolute atomic E-state index is 12.2. The number of aryl methyl sites for hydroxylation is 1. The highest BCUT2D eigenvalue weighted by atomic mass is 32.1. The van der Waals surface area contributed by atoms with Gasteiger partial charge in [-0.15, -0.1) is 11.3 Å². The molecule has 2 aromatic rings. The van der Waals surface area contributed by atoms with Crippen LogP contribution >= 0.6 is 11.3 Å². The standard InChI is InChI=1S/C13H15N5OS/c1-9-15-12(17-16-9)8-18(2)13(19)11-6-5-10(20-11)4-3-7-14/h5-6H,7-8,14H2,1-2H3,(H,15,16,17). The van der Waals surface area contributed by atoms with E-state index >= 15 is 0 Å². The summed E-state index contributed by atoms with van der Waals surface area (Å²) in [6.45, 7) is 2.50. The molecule has 2 rings (SSSR count). The lowest BCUT2D eigenvalue weighted by atomic mass is 10.3. The Morgan fingerprint density at radius 1 is 1.55 bits per heavy atom. The molecule has 6 nitrogen and oxygen atoms in total. The molecule has 0 atom stereocenters. The largest absolute Gasteiger partial charge is 0.333 e. The Morgan fingerprint density at radius 2 is 2.35 bits per heavy atom. The van der Waals surface area contributed by atoms with Crippen LogP contribution in [0, 0.1) is 18.8 Å². The highest BCUT2D eigenvalue weighted by Gasteiger charge is 2.15. The second kappa shape index (κ2) is 6.32. The van der Waals surface area contributed by atoms with Crippen molar-refractivity contribution in [2.45, 2.75) is 13.5 Å². The number of aromatic amines is 1. The first-order chi connectivity index (χ1) is 9.60. The maximum Gasteiger partial charge on any atom is 0.264 e. The average Bonchev–Trinajstić information content (AvgIpc) is 3.04. The van der Waals surface area contributed by atoms with E-state index < -0.39 is 0 Å². The van der Waals surface area contributed by atoms with Crippen LogP contribution in [0.25, 0.3) is 0 Å². The summed E-state index contributed by atoms with van der Waals surface area (Å²) in [5.74, 6) is 6.94. The third kappa shape index (κ3) is 3.44. The number of H-pyrrole nitrogens is 1. The molecule has 0 saturated carbocycles. The lowest BCUT2D eigenvalue weighted by Gasteiger charge is -2.13. The molecule has 0 fully saturated rings. The first-order valence-electron chi connectivity index (χ1n) is 6.02. The molecule has 2 heterocycles. The fourth-order valence-electron chi connectivity index (χ4n) is 1.59. The third-order valence-corrected chi connectivity index (χ3v) is 3.49. The zero-order valence-electron chi connectivity index (χ0n) is 11.3. The van der Waals surface area contributed by atoms with Crippen molar-refractivity contribution in [3.05, 3.63) is 33.5 Å². The van der Waals surface area contributed by atoms with Gasteiger partial charge in [-0.2, -0.15) is 5.10 Å². The number of nitrogens with zero attached hydrogens (tertiary/aromatic N) is 3. The minimum absolute atomic E-state index is 0.0711. The van der Waals surface area contributed by atoms with Gasteiger partial charge in [0.1, 0.15) is 5.82 Å². The summed E-state index contributed by atoms with van der Waals surface area (Å²) in [6.07, 6.45) is 0. The van der Waals surface area contributed by atoms with Gasteiger partial charge >= 0.3 is 0 Å². The number of aromatic nitrogens is 3. The van der Waals surface area contributed by atoms with Crippen molar-refractivity contribution in [2.75, 3.05) is 13.6 Å². The zero-order valence-corrected chi connectivity index (χ0v) is 12.1. The van der Waals surface area contributed by atoms with Crippen LogP contribution in [-0.2, 0) is 6.54 Å². The minimum Gasteiger partial charge on any atom is -0.333 e. The third-order valence-electron chi connectivity index (χ3n) is 2.50. The average molecular weight is 289 g/mol. The molecule has 0 unspecified atom stereocenters. The van der Waals surface area contributed by atoms with Crippen molar-refractivity contribution in [3.63, 3.8) is 0 Å². The van der Waals surface area contributed by atoms with Crippen LogP contribution in [0.2, 0.25) is 0 Å². The molecule has 104 valence electrons. The Bertz CT molecular complexity index is 664. The van der Waals surface area contributed by atoms with Gasteiger partial charge in [0.25, 0.3) is 5.91 Å². The fourth-order valence-corrected chi connectivity index (χ4v) is 2.47. The molecule has 0 aromatic carbocycles. The van der Waals surface area contributed by atoms with Gasteiger partial charge in [0.05, 0.1) is 22.8 Å². The number of nitrogens with one attached hydrogen (secondary N) is 1. The molecule has 0 aliphatic carbocycles. The number of carbonyl (C=O) groups is 1. The Hall–Kier alpha value is -2.17. The molecule has 20 heavy (non-hydrogen) atoms. The van der Waals surface area contributed by atoms with Gasteiger partial charge in [-0.25, -0.2) is 4.98 Å². The van der Waals surface area contributed by atoms with Gasteiger partial charge in [-0.3, -0.25) is 9.89 Å². The van der Waals surface area contributed by atoms with E-state index in [0.29, 0.717) is 23.8 Å². The van der Waals surface area contributed by atoms with E-state index in [2.05, 4.69) is 27.0 Å². The van der Waals surface area contributed by atoms with E-state index in [1.165, 1.54) is 11.3 Å². The lowest BCUT2D eigenvalue weighted by Crippen LogP contribution is -2.26. The molecule has 7 heteroatoms. The van der Waals surface area contributed by atoms with Gasteiger partial charge in [-0.1, -0.05) is 11.8 Å². The summed E-state index contributed by atoms with van der Waals surface area (Å²) >= 11 is 1.36. The van der Waals surface area contributed by atoms with Gasteiger partial charge < -0.3 is 10.6 Å². The first-order valence-corrected chi connectivity index (χ1v) is 6.84. The van der Waals surface area contributed by atoms with Gasteiger partial charge in [-0.05, 0) is 19.1 Å². The molecule has 2 aromatic heterocycles. The molecule has 3 N–H and O–H groups in total. The zero-order chi connectivity index (χ0) is 14.5. The Labute approximate surface area is 121 Å². The minimum atomic E-state index is -0.0711. The fraction of sp³-hybridized carbons (Fsp3) is 0.308. The number of carbonyl (C=O) groups excluding carboxylic acids is 1. The first kappa shape index (κ1) is 14.2. The molecular formula is C13H15N5OS. The second-order valence-electron chi connectivity index (χ2n) is 4.17. The summed E-state index contributed by atoms with van der Waals surface area (Å²) in [7, 11) is 1.72. The van der Waals surface area contributed by atoms with Crippen LogP contribution < -0.4 is 5.73 Å². The van der Waals surface area contributed by atoms with Crippen molar-refractivity contribution in [2.24, 2.45) is 5.73 Å². The molecule has 1 amide bonds. The highest BCUT2D eigenvalue weighted by Crippen LogP contribution is 2.17. The molecular weight excluding hydrogens is 274 g/mol. The van der Waals surface area contributed by atoms with Crippen LogP contribution in [-0.4, -0.2) is 39.6 Å². The number of hydrogen-bond acceptors (Lipinski definition) is 5. The second-order valence-corrected chi connectivity index (χ2v) is 5.25. The predicted molar refractivity (Wildman–Crippen MR) is 77.2 cm³/mol. The summed E-state index contributed by atoms with van der Waals surface area (Å²) < 4.78 is 0. The maximum atomic E-state index is 12.2. The van der Waals surface area contributed by atoms with E-state index in [0.717, 1.165) is 10.7 Å². The molecule has 0 saturated heterocycles. The number of hydrogen-bond donors (Lipinski definition) is 2. The van der Waals surface area contributed by atoms with Gasteiger partial charge in [0.15, 0.2) is 5.82 Å². The van der Waals surface area contributed by atoms with Crippen LogP contribution in [0.5, 0.6) is 0 Å². The summed E-state index contributed by atoms with van der Waals surface area (Å²) in [6, 6.07) is 3.60. The summed E-state index contributed by atoms with van der Waals surface area (Å²) in [4.78, 5) is 19.5. The normalized spacial score (nSPS) is 9.95. The Morgan fingerprint density at radius 3 is 3.00 bits per heavy atom. The van der Waals surface area contributed by atoms with Gasteiger partial charge in [0, 0.05) is 7.05 Å². The number of thiophene rings is 1. The van der Waals surface area contributed by atoms with Crippen LogP contribution in [0.3, 0.4) is 0 Å². The quantitative estimate of drug-likeness (QED) is 0.816. The van der Waals surface area contributed by atoms with Crippen molar-refractivity contribution in [1.29, 1.82) is 0 Å². The molecule has 0 aliphatic rings. The summed E-state index contributed by atoms with van der Waals surface area (Å²) in [5.41, 5.74) is 5.32. The Kier molecular flexibility index (Phi) is 4.50. The number of rotatable bonds is 3. The predicted octanol–water partition coefficient (Wildman–Crippen LogP) is 0.757. The van der Waals surface area contributed by atoms with Crippen molar-refractivity contribution < 1.29 is 4.79 Å². The van der Waals surface area contributed by atoms with Crippen LogP contribution in [0.15, 0.2) is 12.1 Å². The van der Waals surface area contributed by atoms with E-state index in [-0.39, 0.29) is 5.91 Å². The van der Waals surface area contributed by atoms with Gasteiger partial charge in [0.2, 0.25) is 0 Å². The van der Waals surface area contributed by atoms with Crippen LogP contribution in [0.4, 0.5) is 0 Å². The number of amides is 1. The van der Waals surface area contributed by atoms with E-state index in [1.54, 1.807) is 18.0 Å². The van der Waals surface area contributed by atoms with Crippen molar-refractivity contribution in [3.8, 4) is 11.8 Å². The SMILES string of the molecule is Cc1nc(CN(C)C(=O)c2ccc(C#CCN)s2)n[nH]1. The van der Waals surface area contributed by atoms with Crippen molar-refractivity contribution >= 4 is 17.2 Å². The molecule has 0 bridgehead atoms. The van der Waals surface area contributed by atoms with E-state index in [4.69, 9.17) is 5.73 Å². The molecule has 0 spiro atoms. The summed E-state index contributed by atoms with van der Waals surface area (Å²) in [5, 5.41) is 6.77. The number of nitrogens with two attached hydrogens (primary N) is 1. The van der Waals surface area contributed by atoms with Crippen molar-refractivity contribution in [1.82, 2.24) is 20.1 Å². The molecule has 0 radical (unpaired) electrons. The lowest BCUT2D eigenvalue weighted by molar-refractivity contribution is 0.0786. The topological polar surface area (TPSA) is 87.9 Å². The van der Waals surface area contributed by atoms with E-state index in [9.17, 15) is 4.79 Å². The van der Waals surface area contributed by atoms with E-state index in [1.807, 2.05) is 13.0 Å².